The summed E-state index contributed by atoms with van der Waals surface area (Å²) < 4.78 is 10.0. The van der Waals surface area contributed by atoms with Crippen molar-refractivity contribution in [2.75, 3.05) is 21.3 Å². The Morgan fingerprint density at radius 3 is 2.15 bits per heavy atom. The number of carbonyl (C=O) groups is 1. The highest BCUT2D eigenvalue weighted by Crippen LogP contribution is 2.05. The number of ether oxygens (including phenoxy) is 2. The van der Waals surface area contributed by atoms with Crippen LogP contribution in [0.15, 0.2) is 0 Å². The lowest BCUT2D eigenvalue weighted by Gasteiger charge is -2.17. The van der Waals surface area contributed by atoms with Crippen LogP contribution < -0.4 is 5.32 Å². The number of carbonyl (C=O) groups excluding carboxylic acids is 1. The van der Waals surface area contributed by atoms with Crippen LogP contribution in [0.3, 0.4) is 0 Å². The van der Waals surface area contributed by atoms with Crippen molar-refractivity contribution in [3.8, 4) is 0 Å². The first-order chi connectivity index (χ1) is 6.15. The molecular weight excluding hydrogens is 170 g/mol. The Morgan fingerprint density at radius 2 is 1.85 bits per heavy atom. The molecule has 0 saturated carbocycles. The Labute approximate surface area is 79.6 Å². The van der Waals surface area contributed by atoms with Crippen molar-refractivity contribution in [3.05, 3.63) is 0 Å². The first-order valence-electron chi connectivity index (χ1n) is 4.39. The van der Waals surface area contributed by atoms with E-state index in [1.54, 1.807) is 28.2 Å². The summed E-state index contributed by atoms with van der Waals surface area (Å²) in [6.07, 6.45) is 1.24. The lowest BCUT2D eigenvalue weighted by atomic mass is 10.1. The third-order valence-electron chi connectivity index (χ3n) is 2.06. The van der Waals surface area contributed by atoms with Crippen LogP contribution in [-0.4, -0.2) is 39.4 Å². The maximum Gasteiger partial charge on any atom is 0.156 e. The lowest BCUT2D eigenvalue weighted by Crippen LogP contribution is -2.33. The van der Waals surface area contributed by atoms with E-state index in [0.717, 1.165) is 12.8 Å². The van der Waals surface area contributed by atoms with E-state index in [2.05, 4.69) is 5.32 Å². The van der Waals surface area contributed by atoms with Crippen LogP contribution >= 0.6 is 0 Å². The monoisotopic (exact) mass is 189 g/mol. The highest BCUT2D eigenvalue weighted by molar-refractivity contribution is 5.81. The number of hydrogen-bond acceptors (Lipinski definition) is 4. The second kappa shape index (κ2) is 7.00. The van der Waals surface area contributed by atoms with E-state index in [1.165, 1.54) is 0 Å². The molecule has 4 nitrogen and oxygen atoms in total. The zero-order valence-electron chi connectivity index (χ0n) is 8.79. The fraction of sp³-hybridized carbons (Fsp3) is 0.889. The highest BCUT2D eigenvalue weighted by Gasteiger charge is 2.14. The quantitative estimate of drug-likeness (QED) is 0.595. The summed E-state index contributed by atoms with van der Waals surface area (Å²) in [7, 11) is 4.97. The molecule has 1 atom stereocenters. The van der Waals surface area contributed by atoms with Gasteiger partial charge in [-0.1, -0.05) is 0 Å². The minimum absolute atomic E-state index is 0.0900. The Morgan fingerprint density at radius 1 is 1.31 bits per heavy atom. The van der Waals surface area contributed by atoms with Gasteiger partial charge in [-0.3, -0.25) is 4.79 Å². The van der Waals surface area contributed by atoms with Crippen LogP contribution in [0.4, 0.5) is 0 Å². The molecule has 0 fully saturated rings. The van der Waals surface area contributed by atoms with Gasteiger partial charge in [0.1, 0.15) is 5.78 Å². The molecule has 0 aliphatic carbocycles. The second-order valence-corrected chi connectivity index (χ2v) is 2.93. The predicted molar refractivity (Wildman–Crippen MR) is 50.6 cm³/mol. The maximum atomic E-state index is 11.0. The van der Waals surface area contributed by atoms with E-state index in [1.807, 2.05) is 0 Å². The molecule has 0 aliphatic heterocycles. The van der Waals surface area contributed by atoms with Crippen LogP contribution in [0.25, 0.3) is 0 Å². The number of nitrogens with one attached hydrogen (secondary N) is 1. The zero-order valence-corrected chi connectivity index (χ0v) is 8.79. The topological polar surface area (TPSA) is 47.6 Å². The fourth-order valence-corrected chi connectivity index (χ4v) is 1.19. The van der Waals surface area contributed by atoms with Gasteiger partial charge in [0.15, 0.2) is 6.29 Å². The highest BCUT2D eigenvalue weighted by atomic mass is 16.7. The lowest BCUT2D eigenvalue weighted by molar-refractivity contribution is -0.121. The van der Waals surface area contributed by atoms with Crippen molar-refractivity contribution in [3.63, 3.8) is 0 Å². The van der Waals surface area contributed by atoms with Crippen molar-refractivity contribution in [1.29, 1.82) is 0 Å². The third kappa shape index (κ3) is 4.98. The van der Waals surface area contributed by atoms with Crippen molar-refractivity contribution < 1.29 is 14.3 Å². The molecule has 1 N–H and O–H groups in total. The summed E-state index contributed by atoms with van der Waals surface area (Å²) >= 11 is 0. The maximum absolute atomic E-state index is 11.0. The average molecular weight is 189 g/mol. The van der Waals surface area contributed by atoms with E-state index in [9.17, 15) is 4.79 Å². The Bertz CT molecular complexity index is 146. The molecule has 0 rings (SSSR count). The molecule has 0 aromatic carbocycles. The van der Waals surface area contributed by atoms with Gasteiger partial charge < -0.3 is 14.8 Å². The number of hydrogen-bond donors (Lipinski definition) is 1. The van der Waals surface area contributed by atoms with Gasteiger partial charge in [0.05, 0.1) is 6.04 Å². The van der Waals surface area contributed by atoms with Crippen molar-refractivity contribution in [2.24, 2.45) is 0 Å². The summed E-state index contributed by atoms with van der Waals surface area (Å²) in [6, 6.07) is -0.0900. The van der Waals surface area contributed by atoms with E-state index >= 15 is 0 Å². The molecule has 0 bridgehead atoms. The van der Waals surface area contributed by atoms with Gasteiger partial charge in [0.25, 0.3) is 0 Å². The van der Waals surface area contributed by atoms with Gasteiger partial charge in [-0.05, 0) is 20.4 Å². The summed E-state index contributed by atoms with van der Waals surface area (Å²) in [5.74, 6) is 0.147. The van der Waals surface area contributed by atoms with Gasteiger partial charge in [-0.15, -0.1) is 0 Å². The molecule has 0 radical (unpaired) electrons. The second-order valence-electron chi connectivity index (χ2n) is 2.93. The standard InChI is InChI=1S/C9H19NO3/c1-7(11)8(10-2)5-6-9(12-3)13-4/h8-10H,5-6H2,1-4H3. The molecule has 13 heavy (non-hydrogen) atoms. The number of methoxy groups -OCH3 is 2. The van der Waals surface area contributed by atoms with Crippen LogP contribution in [0.5, 0.6) is 0 Å². The summed E-state index contributed by atoms with van der Waals surface area (Å²) in [6.45, 7) is 1.58. The van der Waals surface area contributed by atoms with Crippen molar-refractivity contribution >= 4 is 5.78 Å². The molecule has 0 amide bonds. The molecule has 0 saturated heterocycles. The minimum atomic E-state index is -0.213. The van der Waals surface area contributed by atoms with Gasteiger partial charge >= 0.3 is 0 Å². The Balaban J connectivity index is 3.76. The van der Waals surface area contributed by atoms with Gasteiger partial charge in [0, 0.05) is 20.6 Å². The Kier molecular flexibility index (Phi) is 6.76. The Hall–Kier alpha value is -0.450. The number of likely N-dealkylation sites (N-methyl/N-ethyl adjacent to an activating group) is 1. The van der Waals surface area contributed by atoms with Gasteiger partial charge in [-0.2, -0.15) is 0 Å². The summed E-state index contributed by atoms with van der Waals surface area (Å²) in [5, 5.41) is 2.94. The van der Waals surface area contributed by atoms with Crippen LogP contribution in [-0.2, 0) is 14.3 Å². The smallest absolute Gasteiger partial charge is 0.156 e. The molecule has 4 heteroatoms. The molecule has 1 unspecified atom stereocenters. The van der Waals surface area contributed by atoms with Gasteiger partial charge in [0.2, 0.25) is 0 Å². The molecule has 0 aromatic heterocycles. The normalized spacial score (nSPS) is 13.3. The van der Waals surface area contributed by atoms with Crippen molar-refractivity contribution in [1.82, 2.24) is 5.32 Å². The minimum Gasteiger partial charge on any atom is -0.356 e. The van der Waals surface area contributed by atoms with Crippen LogP contribution in [0.2, 0.25) is 0 Å². The fourth-order valence-electron chi connectivity index (χ4n) is 1.19. The SMILES string of the molecule is CNC(CCC(OC)OC)C(C)=O. The summed E-state index contributed by atoms with van der Waals surface area (Å²) in [5.41, 5.74) is 0. The molecule has 0 spiro atoms. The largest absolute Gasteiger partial charge is 0.356 e. The van der Waals surface area contributed by atoms with Crippen LogP contribution in [0, 0.1) is 0 Å². The van der Waals surface area contributed by atoms with Crippen LogP contribution in [0.1, 0.15) is 19.8 Å². The van der Waals surface area contributed by atoms with E-state index < -0.39 is 0 Å². The first kappa shape index (κ1) is 12.6. The number of ketones is 1. The summed E-state index contributed by atoms with van der Waals surface area (Å²) in [4.78, 5) is 11.0. The van der Waals surface area contributed by atoms with Gasteiger partial charge in [-0.25, -0.2) is 0 Å². The average Bonchev–Trinajstić information content (AvgIpc) is 2.12. The van der Waals surface area contributed by atoms with E-state index in [0.29, 0.717) is 0 Å². The molecular formula is C9H19NO3. The molecule has 0 heterocycles. The molecule has 0 aromatic rings. The number of Topliss-reactive ketones (excluding diaryl/α,β-unsaturated/α-hetero) is 1. The van der Waals surface area contributed by atoms with E-state index in [-0.39, 0.29) is 18.1 Å². The first-order valence-corrected chi connectivity index (χ1v) is 4.39. The zero-order chi connectivity index (χ0) is 10.3. The molecule has 0 aliphatic rings. The van der Waals surface area contributed by atoms with Crippen molar-refractivity contribution in [2.45, 2.75) is 32.1 Å². The predicted octanol–water partition coefficient (Wildman–Crippen LogP) is 0.562. The molecule has 78 valence electrons. The van der Waals surface area contributed by atoms with E-state index in [4.69, 9.17) is 9.47 Å². The third-order valence-corrected chi connectivity index (χ3v) is 2.06. The number of rotatable bonds is 7.